The molecule has 0 saturated heterocycles. The third kappa shape index (κ3) is 25.5. The molecule has 0 aromatic heterocycles. The standard InChI is InChI=1S/2C18H25NO7S.C16H21NO6S.C14H17NO5S/c2*1-18(17(21)22)12-27-16(19-18)13-4-3-5-14(15(13)20)26-11-10-25-9-8-24-7-6-23-2;1-16(15(19)20)10-24-14(17-16)11-4-3-5-12(13(11)18)23-9-8-22-7-6-21-2;1-14(13(17)18)8-21-12(15-14)9-4-3-5-10(11(9)16)20-7-6-19-2/h2*3-5,20H,6-12H2,1-2H3,(H,21,22);3-5,18H,6-10H2,1-2H3,(H,19,20);3-5,16H,6-8H2,1-2H3,(H,17,18)/t2*18-;16-;14-/m1111/s1. The fraction of sp³-hybridized carbons (Fsp3) is 0.515. The lowest BCUT2D eigenvalue weighted by molar-refractivity contribution is -0.142. The molecule has 4 aliphatic heterocycles. The minimum Gasteiger partial charge on any atom is -0.504 e. The first-order valence-electron chi connectivity index (χ1n) is 30.9. The van der Waals surface area contributed by atoms with Crippen molar-refractivity contribution >= 4 is 91.1 Å². The van der Waals surface area contributed by atoms with Gasteiger partial charge in [0, 0.05) is 51.5 Å². The number of nitrogens with zero attached hydrogens (tertiary/aromatic N) is 4. The topological polar surface area (TPSA) is 400 Å². The second-order valence-corrected chi connectivity index (χ2v) is 26.0. The maximum atomic E-state index is 11.3. The van der Waals surface area contributed by atoms with Crippen LogP contribution < -0.4 is 18.9 Å². The Labute approximate surface area is 590 Å². The monoisotopic (exact) mass is 1460 g/mol. The van der Waals surface area contributed by atoms with Gasteiger partial charge in [-0.25, -0.2) is 19.2 Å². The molecule has 546 valence electrons. The van der Waals surface area contributed by atoms with Crippen LogP contribution in [0.25, 0.3) is 0 Å². The maximum absolute atomic E-state index is 11.3. The summed E-state index contributed by atoms with van der Waals surface area (Å²) in [6.07, 6.45) is 0. The molecule has 0 amide bonds. The number of phenols is 4. The van der Waals surface area contributed by atoms with Crippen LogP contribution in [0.2, 0.25) is 0 Å². The number of rotatable bonds is 39. The smallest absolute Gasteiger partial charge is 0.332 e. The zero-order valence-corrected chi connectivity index (χ0v) is 59.7. The van der Waals surface area contributed by atoms with Gasteiger partial charge in [-0.15, -0.1) is 47.0 Å². The first-order valence-corrected chi connectivity index (χ1v) is 34.8. The van der Waals surface area contributed by atoms with E-state index in [1.54, 1.807) is 129 Å². The van der Waals surface area contributed by atoms with Crippen molar-refractivity contribution in [1.29, 1.82) is 0 Å². The molecule has 4 heterocycles. The molecule has 4 atom stereocenters. The number of methoxy groups -OCH3 is 4. The van der Waals surface area contributed by atoms with E-state index in [4.69, 9.17) is 61.6 Å². The molecule has 4 aliphatic rings. The van der Waals surface area contributed by atoms with Crippen LogP contribution >= 0.6 is 47.0 Å². The lowest BCUT2D eigenvalue weighted by Gasteiger charge is -2.12. The Balaban J connectivity index is 0.000000239. The number of phenolic OH excluding ortho intramolecular Hbond substituents is 4. The quantitative estimate of drug-likeness (QED) is 0.0206. The average molecular weight is 1470 g/mol. The van der Waals surface area contributed by atoms with E-state index in [0.717, 1.165) is 0 Å². The number of hydrogen-bond donors (Lipinski definition) is 8. The molecule has 0 bridgehead atoms. The van der Waals surface area contributed by atoms with Gasteiger partial charge in [-0.05, 0) is 76.2 Å². The molecule has 8 N–H and O–H groups in total. The largest absolute Gasteiger partial charge is 0.504 e. The van der Waals surface area contributed by atoms with E-state index in [-0.39, 0.29) is 42.8 Å². The Hall–Kier alpha value is -7.12. The number of ether oxygens (including phenoxy) is 13. The van der Waals surface area contributed by atoms with E-state index in [1.807, 2.05) is 0 Å². The van der Waals surface area contributed by atoms with Gasteiger partial charge >= 0.3 is 23.9 Å². The highest BCUT2D eigenvalue weighted by atomic mass is 32.2. The molecule has 99 heavy (non-hydrogen) atoms. The second kappa shape index (κ2) is 42.2. The summed E-state index contributed by atoms with van der Waals surface area (Å²) in [5, 5.41) is 80.5. The van der Waals surface area contributed by atoms with Crippen LogP contribution in [0.1, 0.15) is 49.9 Å². The van der Waals surface area contributed by atoms with Gasteiger partial charge in [0.1, 0.15) is 46.6 Å². The summed E-state index contributed by atoms with van der Waals surface area (Å²) < 4.78 is 68.2. The number of aliphatic carboxylic acids is 4. The SMILES string of the molecule is COCCOCCOCCOc1cccc(C2=N[C@@](C)(C(=O)O)CS2)c1O.COCCOCCOCCOc1cccc(C2=N[C@@](C)(C(=O)O)CS2)c1O.COCCOCCOc1cccc(C2=N[C@@](C)(C(=O)O)CS2)c1O.COCCOc1cccc(C2=N[C@@](C)(C(=O)O)CS2)c1O. The van der Waals surface area contributed by atoms with Gasteiger partial charge in [0.15, 0.2) is 68.2 Å². The van der Waals surface area contributed by atoms with E-state index < -0.39 is 46.0 Å². The second-order valence-electron chi connectivity index (χ2n) is 22.2. The molecule has 4 aromatic carbocycles. The number of carboxylic acids is 4. The Morgan fingerprint density at radius 3 is 0.697 bits per heavy atom. The van der Waals surface area contributed by atoms with Crippen molar-refractivity contribution in [3.63, 3.8) is 0 Å². The van der Waals surface area contributed by atoms with Crippen LogP contribution in [-0.4, -0.2) is 277 Å². The highest BCUT2D eigenvalue weighted by molar-refractivity contribution is 8.15. The first kappa shape index (κ1) is 82.5. The van der Waals surface area contributed by atoms with Crippen LogP contribution in [-0.2, 0) is 61.8 Å². The van der Waals surface area contributed by atoms with Crippen molar-refractivity contribution in [2.75, 3.05) is 170 Å². The van der Waals surface area contributed by atoms with Crippen LogP contribution in [0, 0.1) is 0 Å². The molecule has 0 unspecified atom stereocenters. The summed E-state index contributed by atoms with van der Waals surface area (Å²) in [6, 6.07) is 20.3. The molecule has 8 rings (SSSR count). The molecule has 33 heteroatoms. The van der Waals surface area contributed by atoms with Crippen LogP contribution in [0.5, 0.6) is 46.0 Å². The highest BCUT2D eigenvalue weighted by Gasteiger charge is 2.42. The van der Waals surface area contributed by atoms with Crippen LogP contribution in [0.4, 0.5) is 0 Å². The Morgan fingerprint density at radius 1 is 0.323 bits per heavy atom. The van der Waals surface area contributed by atoms with Crippen LogP contribution in [0.15, 0.2) is 92.8 Å². The number of carboxylic acid groups (broad SMARTS) is 4. The van der Waals surface area contributed by atoms with Crippen molar-refractivity contribution in [3.05, 3.63) is 95.1 Å². The molecule has 0 spiro atoms. The zero-order valence-electron chi connectivity index (χ0n) is 56.4. The fourth-order valence-electron chi connectivity index (χ4n) is 8.27. The average Bonchev–Trinajstić information content (AvgIpc) is 1.71. The van der Waals surface area contributed by atoms with E-state index in [0.29, 0.717) is 188 Å². The Kier molecular flexibility index (Phi) is 35.2. The third-order valence-corrected chi connectivity index (χ3v) is 19.3. The number of aliphatic imine (C=N–C) groups is 4. The summed E-state index contributed by atoms with van der Waals surface area (Å²) in [4.78, 5) is 62.1. The van der Waals surface area contributed by atoms with E-state index in [2.05, 4.69) is 20.0 Å². The minimum absolute atomic E-state index is 0.0329. The summed E-state index contributed by atoms with van der Waals surface area (Å²) in [5.41, 5.74) is -2.78. The van der Waals surface area contributed by atoms with E-state index >= 15 is 0 Å². The molecule has 29 nitrogen and oxygen atoms in total. The number of hydrogen-bond acceptors (Lipinski definition) is 29. The number of para-hydroxylation sites is 4. The normalized spacial score (nSPS) is 19.8. The molecule has 4 aromatic rings. The molecule has 0 radical (unpaired) electrons. The predicted molar refractivity (Wildman–Crippen MR) is 376 cm³/mol. The van der Waals surface area contributed by atoms with Gasteiger partial charge in [-0.2, -0.15) is 0 Å². The zero-order chi connectivity index (χ0) is 72.4. The van der Waals surface area contributed by atoms with Gasteiger partial charge < -0.3 is 102 Å². The van der Waals surface area contributed by atoms with Gasteiger partial charge in [0.25, 0.3) is 0 Å². The first-order chi connectivity index (χ1) is 47.4. The van der Waals surface area contributed by atoms with Crippen molar-refractivity contribution in [2.24, 2.45) is 20.0 Å². The Bertz CT molecular complexity index is 3290. The van der Waals surface area contributed by atoms with Gasteiger partial charge in [-0.1, -0.05) is 24.3 Å². The van der Waals surface area contributed by atoms with Gasteiger partial charge in [0.05, 0.1) is 115 Å². The number of benzene rings is 4. The molecule has 0 fully saturated rings. The lowest BCUT2D eigenvalue weighted by Crippen LogP contribution is -2.33. The van der Waals surface area contributed by atoms with Crippen molar-refractivity contribution in [2.45, 2.75) is 49.9 Å². The summed E-state index contributed by atoms with van der Waals surface area (Å²) in [7, 11) is 6.40. The van der Waals surface area contributed by atoms with Crippen molar-refractivity contribution < 1.29 is 122 Å². The van der Waals surface area contributed by atoms with Gasteiger partial charge in [-0.3, -0.25) is 20.0 Å². The molecule has 0 aliphatic carbocycles. The number of carbonyl (C=O) groups is 4. The number of aromatic hydroxyl groups is 4. The van der Waals surface area contributed by atoms with E-state index in [1.165, 1.54) is 47.0 Å². The fourth-order valence-corrected chi connectivity index (χ4v) is 13.0. The minimum atomic E-state index is -1.18. The van der Waals surface area contributed by atoms with E-state index in [9.17, 15) is 60.0 Å². The summed E-state index contributed by atoms with van der Waals surface area (Å²) in [5.74, 6) is -1.55. The maximum Gasteiger partial charge on any atom is 0.332 e. The highest BCUT2D eigenvalue weighted by Crippen LogP contribution is 2.42. The Morgan fingerprint density at radius 2 is 0.505 bits per heavy atom. The molecular formula is C66H88N4O25S4. The summed E-state index contributed by atoms with van der Waals surface area (Å²) in [6.45, 7) is 13.9. The third-order valence-electron chi connectivity index (χ3n) is 14.2. The predicted octanol–water partition coefficient (Wildman–Crippen LogP) is 7.10. The molecule has 0 saturated carbocycles. The summed E-state index contributed by atoms with van der Waals surface area (Å²) >= 11 is 5.22. The number of thioether (sulfide) groups is 4. The van der Waals surface area contributed by atoms with Gasteiger partial charge in [0.2, 0.25) is 0 Å². The lowest BCUT2D eigenvalue weighted by atomic mass is 10.1. The van der Waals surface area contributed by atoms with Crippen molar-refractivity contribution in [1.82, 2.24) is 0 Å². The van der Waals surface area contributed by atoms with Crippen LogP contribution in [0.3, 0.4) is 0 Å². The molecular weight excluding hydrogens is 1380 g/mol. The van der Waals surface area contributed by atoms with Crippen molar-refractivity contribution in [3.8, 4) is 46.0 Å².